The third-order valence-electron chi connectivity index (χ3n) is 3.28. The van der Waals surface area contributed by atoms with Crippen molar-refractivity contribution in [2.24, 2.45) is 0 Å². The second kappa shape index (κ2) is 6.62. The molecule has 0 unspecified atom stereocenters. The van der Waals surface area contributed by atoms with Crippen LogP contribution in [0.25, 0.3) is 22.8 Å². The summed E-state index contributed by atoms with van der Waals surface area (Å²) < 4.78 is 10.8. The van der Waals surface area contributed by atoms with E-state index in [-0.39, 0.29) is 0 Å². The van der Waals surface area contributed by atoms with Crippen molar-refractivity contribution in [3.05, 3.63) is 36.4 Å². The predicted octanol–water partition coefficient (Wildman–Crippen LogP) is 2.67. The number of hydrogen-bond donors (Lipinski definition) is 1. The van der Waals surface area contributed by atoms with Crippen LogP contribution in [-0.4, -0.2) is 47.2 Å². The zero-order valence-electron chi connectivity index (χ0n) is 13.4. The number of anilines is 1. The monoisotopic (exact) mass is 313 g/mol. The fourth-order valence-electron chi connectivity index (χ4n) is 2.13. The molecule has 0 aliphatic heterocycles. The Hall–Kier alpha value is -2.67. The maximum absolute atomic E-state index is 5.50. The van der Waals surface area contributed by atoms with E-state index in [2.05, 4.69) is 25.3 Å². The molecule has 0 saturated heterocycles. The van der Waals surface area contributed by atoms with Crippen molar-refractivity contribution in [2.45, 2.75) is 6.92 Å². The Labute approximate surface area is 134 Å². The molecule has 23 heavy (non-hydrogen) atoms. The van der Waals surface area contributed by atoms with E-state index < -0.39 is 0 Å². The highest BCUT2D eigenvalue weighted by molar-refractivity contribution is 5.75. The minimum atomic E-state index is 0.554. The largest absolute Gasteiger partial charge is 0.463 e. The lowest BCUT2D eigenvalue weighted by molar-refractivity contribution is 0.424. The smallest absolute Gasteiger partial charge is 0.223 e. The zero-order chi connectivity index (χ0) is 16.2. The van der Waals surface area contributed by atoms with Gasteiger partial charge >= 0.3 is 0 Å². The summed E-state index contributed by atoms with van der Waals surface area (Å²) in [4.78, 5) is 11.0. The number of likely N-dealkylation sites (N-methyl/N-ethyl adjacent to an activating group) is 1. The van der Waals surface area contributed by atoms with Gasteiger partial charge in [-0.1, -0.05) is 5.16 Å². The van der Waals surface area contributed by atoms with E-state index >= 15 is 0 Å². The van der Waals surface area contributed by atoms with E-state index in [9.17, 15) is 0 Å². The van der Waals surface area contributed by atoms with Crippen molar-refractivity contribution in [2.75, 3.05) is 32.5 Å². The Morgan fingerprint density at radius 3 is 2.78 bits per heavy atom. The third kappa shape index (κ3) is 3.57. The summed E-state index contributed by atoms with van der Waals surface area (Å²) in [5.41, 5.74) is 2.23. The van der Waals surface area contributed by atoms with Gasteiger partial charge in [-0.15, -0.1) is 0 Å². The highest BCUT2D eigenvalue weighted by Gasteiger charge is 2.17. The normalized spacial score (nSPS) is 11.1. The highest BCUT2D eigenvalue weighted by atomic mass is 16.5. The van der Waals surface area contributed by atoms with Crippen molar-refractivity contribution in [1.82, 2.24) is 20.0 Å². The lowest BCUT2D eigenvalue weighted by atomic mass is 10.1. The molecule has 3 aromatic rings. The van der Waals surface area contributed by atoms with Crippen LogP contribution in [0.1, 0.15) is 5.69 Å². The number of hydrogen-bond acceptors (Lipinski definition) is 7. The minimum absolute atomic E-state index is 0.554. The number of nitrogens with zero attached hydrogens (tertiary/aromatic N) is 4. The van der Waals surface area contributed by atoms with E-state index in [1.165, 1.54) is 0 Å². The van der Waals surface area contributed by atoms with Gasteiger partial charge in [0.1, 0.15) is 5.69 Å². The molecule has 1 N–H and O–H groups in total. The molecule has 0 spiro atoms. The molecule has 0 saturated carbocycles. The summed E-state index contributed by atoms with van der Waals surface area (Å²) in [6, 6.07) is 5.54. The molecule has 0 fully saturated rings. The van der Waals surface area contributed by atoms with Gasteiger partial charge in [0, 0.05) is 25.4 Å². The van der Waals surface area contributed by atoms with E-state index in [1.807, 2.05) is 39.2 Å². The average Bonchev–Trinajstić information content (AvgIpc) is 3.18. The van der Waals surface area contributed by atoms with Crippen LogP contribution in [0, 0.1) is 6.92 Å². The summed E-state index contributed by atoms with van der Waals surface area (Å²) in [7, 11) is 4.04. The molecule has 0 aromatic carbocycles. The van der Waals surface area contributed by atoms with Crippen molar-refractivity contribution >= 4 is 5.95 Å². The number of nitrogens with one attached hydrogen (secondary N) is 1. The second-order valence-corrected chi connectivity index (χ2v) is 5.50. The molecule has 0 aliphatic carbocycles. The molecule has 120 valence electrons. The summed E-state index contributed by atoms with van der Waals surface area (Å²) in [6.07, 6.45) is 3.34. The van der Waals surface area contributed by atoms with E-state index in [4.69, 9.17) is 8.94 Å². The molecule has 0 aliphatic rings. The molecular weight excluding hydrogens is 294 g/mol. The standard InChI is InChI=1S/C16H19N5O2/c1-11-9-14(23-20-11)12-10-18-16(17-6-7-21(2)3)19-15(12)13-5-4-8-22-13/h4-5,8-10H,6-7H2,1-3H3,(H,17,18,19). The van der Waals surface area contributed by atoms with Gasteiger partial charge in [-0.2, -0.15) is 0 Å². The van der Waals surface area contributed by atoms with Crippen LogP contribution >= 0.6 is 0 Å². The van der Waals surface area contributed by atoms with Gasteiger partial charge < -0.3 is 19.2 Å². The van der Waals surface area contributed by atoms with Crippen LogP contribution in [0.3, 0.4) is 0 Å². The first-order valence-corrected chi connectivity index (χ1v) is 7.36. The van der Waals surface area contributed by atoms with Crippen molar-refractivity contribution < 1.29 is 8.94 Å². The van der Waals surface area contributed by atoms with E-state index in [1.54, 1.807) is 12.5 Å². The quantitative estimate of drug-likeness (QED) is 0.749. The first-order chi connectivity index (χ1) is 11.1. The summed E-state index contributed by atoms with van der Waals surface area (Å²) in [5, 5.41) is 7.13. The van der Waals surface area contributed by atoms with Gasteiger partial charge in [0.05, 0.1) is 17.5 Å². The molecular formula is C16H19N5O2. The van der Waals surface area contributed by atoms with Crippen molar-refractivity contribution in [3.63, 3.8) is 0 Å². The topological polar surface area (TPSA) is 80.2 Å². The van der Waals surface area contributed by atoms with Gasteiger partial charge in [-0.05, 0) is 33.2 Å². The third-order valence-corrected chi connectivity index (χ3v) is 3.28. The van der Waals surface area contributed by atoms with Crippen LogP contribution in [0.2, 0.25) is 0 Å². The fourth-order valence-corrected chi connectivity index (χ4v) is 2.13. The number of furan rings is 1. The van der Waals surface area contributed by atoms with E-state index in [0.717, 1.165) is 24.3 Å². The number of rotatable bonds is 6. The highest BCUT2D eigenvalue weighted by Crippen LogP contribution is 2.31. The number of aryl methyl sites for hydroxylation is 1. The number of aromatic nitrogens is 3. The van der Waals surface area contributed by atoms with Gasteiger partial charge in [-0.25, -0.2) is 9.97 Å². The summed E-state index contributed by atoms with van der Waals surface area (Å²) in [5.74, 6) is 1.83. The predicted molar refractivity (Wildman–Crippen MR) is 87.0 cm³/mol. The molecule has 0 bridgehead atoms. The SMILES string of the molecule is Cc1cc(-c2cnc(NCCN(C)C)nc2-c2ccco2)on1. The van der Waals surface area contributed by atoms with Crippen molar-refractivity contribution in [3.8, 4) is 22.8 Å². The Balaban J connectivity index is 1.93. The van der Waals surface area contributed by atoms with Crippen LogP contribution in [0.5, 0.6) is 0 Å². The van der Waals surface area contributed by atoms with Crippen LogP contribution in [0.15, 0.2) is 39.6 Å². The molecule has 3 heterocycles. The van der Waals surface area contributed by atoms with Crippen LogP contribution in [0.4, 0.5) is 5.95 Å². The van der Waals surface area contributed by atoms with Crippen molar-refractivity contribution in [1.29, 1.82) is 0 Å². The molecule has 0 radical (unpaired) electrons. The Morgan fingerprint density at radius 2 is 2.13 bits per heavy atom. The maximum atomic E-state index is 5.50. The summed E-state index contributed by atoms with van der Waals surface area (Å²) >= 11 is 0. The molecule has 0 atom stereocenters. The van der Waals surface area contributed by atoms with Crippen LogP contribution < -0.4 is 5.32 Å². The van der Waals surface area contributed by atoms with E-state index in [0.29, 0.717) is 23.2 Å². The first-order valence-electron chi connectivity index (χ1n) is 7.36. The maximum Gasteiger partial charge on any atom is 0.223 e. The molecule has 3 rings (SSSR count). The lowest BCUT2D eigenvalue weighted by Gasteiger charge is -2.11. The Kier molecular flexibility index (Phi) is 4.38. The fraction of sp³-hybridized carbons (Fsp3) is 0.312. The first kappa shape index (κ1) is 15.2. The molecule has 7 nitrogen and oxygen atoms in total. The molecule has 0 amide bonds. The van der Waals surface area contributed by atoms with Crippen LogP contribution in [-0.2, 0) is 0 Å². The Morgan fingerprint density at radius 1 is 1.26 bits per heavy atom. The summed E-state index contributed by atoms with van der Waals surface area (Å²) in [6.45, 7) is 3.52. The zero-order valence-corrected chi connectivity index (χ0v) is 13.4. The second-order valence-electron chi connectivity index (χ2n) is 5.50. The molecule has 3 aromatic heterocycles. The lowest BCUT2D eigenvalue weighted by Crippen LogP contribution is -2.21. The Bertz CT molecular complexity index is 765. The average molecular weight is 313 g/mol. The minimum Gasteiger partial charge on any atom is -0.463 e. The van der Waals surface area contributed by atoms with Gasteiger partial charge in [0.2, 0.25) is 5.95 Å². The van der Waals surface area contributed by atoms with Gasteiger partial charge in [0.15, 0.2) is 11.5 Å². The van der Waals surface area contributed by atoms with Gasteiger partial charge in [0.25, 0.3) is 0 Å². The molecule has 7 heteroatoms. The van der Waals surface area contributed by atoms with Gasteiger partial charge in [-0.3, -0.25) is 0 Å².